The Morgan fingerprint density at radius 3 is 3.08 bits per heavy atom. The van der Waals surface area contributed by atoms with Crippen LogP contribution in [-0.2, 0) is 16.0 Å². The molecule has 126 valence electrons. The fraction of sp³-hybridized carbons (Fsp3) is 0.438. The molecular formula is C16H19N5O3. The van der Waals surface area contributed by atoms with Gasteiger partial charge >= 0.3 is 0 Å². The van der Waals surface area contributed by atoms with E-state index in [1.165, 1.54) is 6.92 Å². The van der Waals surface area contributed by atoms with Crippen molar-refractivity contribution < 1.29 is 14.1 Å². The second-order valence-electron chi connectivity index (χ2n) is 5.75. The lowest BCUT2D eigenvalue weighted by molar-refractivity contribution is -0.133. The normalized spacial score (nSPS) is 17.0. The molecule has 3 rings (SSSR count). The van der Waals surface area contributed by atoms with E-state index in [0.29, 0.717) is 24.7 Å². The van der Waals surface area contributed by atoms with Crippen LogP contribution in [0, 0.1) is 0 Å². The Hall–Kier alpha value is -2.77. The van der Waals surface area contributed by atoms with Crippen LogP contribution in [0.4, 0.5) is 0 Å². The lowest BCUT2D eigenvalue weighted by Crippen LogP contribution is -2.43. The number of rotatable bonds is 5. The summed E-state index contributed by atoms with van der Waals surface area (Å²) < 4.78 is 5.27. The maximum Gasteiger partial charge on any atom is 0.259 e. The number of carbonyl (C=O) groups excluding carboxylic acids is 2. The molecule has 24 heavy (non-hydrogen) atoms. The highest BCUT2D eigenvalue weighted by Crippen LogP contribution is 2.22. The minimum absolute atomic E-state index is 0.0268. The first-order valence-electron chi connectivity index (χ1n) is 7.90. The van der Waals surface area contributed by atoms with Crippen molar-refractivity contribution >= 4 is 11.8 Å². The SMILES string of the molecule is CC(=O)NCC(=O)N1CCCC1Cc1noc(-c2cccnc2)n1. The molecule has 3 heterocycles. The van der Waals surface area contributed by atoms with E-state index < -0.39 is 0 Å². The summed E-state index contributed by atoms with van der Waals surface area (Å²) in [6, 6.07) is 3.69. The highest BCUT2D eigenvalue weighted by molar-refractivity contribution is 5.84. The summed E-state index contributed by atoms with van der Waals surface area (Å²) >= 11 is 0. The number of carbonyl (C=O) groups is 2. The van der Waals surface area contributed by atoms with Crippen molar-refractivity contribution in [2.24, 2.45) is 0 Å². The number of hydrogen-bond acceptors (Lipinski definition) is 6. The van der Waals surface area contributed by atoms with Crippen molar-refractivity contribution in [3.63, 3.8) is 0 Å². The maximum atomic E-state index is 12.2. The average Bonchev–Trinajstić information content (AvgIpc) is 3.23. The van der Waals surface area contributed by atoms with Gasteiger partial charge in [0.2, 0.25) is 11.8 Å². The Bertz CT molecular complexity index is 716. The largest absolute Gasteiger partial charge is 0.347 e. The number of aromatic nitrogens is 3. The number of amides is 2. The summed E-state index contributed by atoms with van der Waals surface area (Å²) in [5.74, 6) is 0.701. The molecule has 1 atom stereocenters. The van der Waals surface area contributed by atoms with Crippen molar-refractivity contribution in [2.45, 2.75) is 32.2 Å². The van der Waals surface area contributed by atoms with E-state index in [2.05, 4.69) is 20.4 Å². The molecule has 1 N–H and O–H groups in total. The summed E-state index contributed by atoms with van der Waals surface area (Å²) in [5.41, 5.74) is 0.765. The highest BCUT2D eigenvalue weighted by atomic mass is 16.5. The maximum absolute atomic E-state index is 12.2. The van der Waals surface area contributed by atoms with Crippen molar-refractivity contribution in [3.05, 3.63) is 30.4 Å². The van der Waals surface area contributed by atoms with Crippen LogP contribution in [0.1, 0.15) is 25.6 Å². The molecule has 8 nitrogen and oxygen atoms in total. The zero-order valence-corrected chi connectivity index (χ0v) is 13.4. The number of pyridine rings is 1. The second kappa shape index (κ2) is 7.20. The van der Waals surface area contributed by atoms with Gasteiger partial charge in [0.15, 0.2) is 5.82 Å². The topological polar surface area (TPSA) is 101 Å². The molecule has 0 bridgehead atoms. The predicted octanol–water partition coefficient (Wildman–Crippen LogP) is 0.801. The Balaban J connectivity index is 1.64. The molecule has 2 aromatic heterocycles. The van der Waals surface area contributed by atoms with E-state index in [1.807, 2.05) is 6.07 Å². The first-order chi connectivity index (χ1) is 11.6. The van der Waals surface area contributed by atoms with E-state index in [-0.39, 0.29) is 24.4 Å². The molecule has 0 aromatic carbocycles. The van der Waals surface area contributed by atoms with Crippen molar-refractivity contribution in [2.75, 3.05) is 13.1 Å². The van der Waals surface area contributed by atoms with Crippen LogP contribution < -0.4 is 5.32 Å². The Morgan fingerprint density at radius 1 is 1.46 bits per heavy atom. The van der Waals surface area contributed by atoms with Crippen molar-refractivity contribution in [1.82, 2.24) is 25.3 Å². The van der Waals surface area contributed by atoms with Crippen molar-refractivity contribution in [3.8, 4) is 11.5 Å². The number of hydrogen-bond donors (Lipinski definition) is 1. The van der Waals surface area contributed by atoms with Gasteiger partial charge < -0.3 is 14.7 Å². The summed E-state index contributed by atoms with van der Waals surface area (Å²) in [4.78, 5) is 33.4. The molecule has 1 unspecified atom stereocenters. The molecule has 0 saturated carbocycles. The molecule has 1 fully saturated rings. The van der Waals surface area contributed by atoms with Gasteiger partial charge in [-0.2, -0.15) is 4.98 Å². The van der Waals surface area contributed by atoms with E-state index >= 15 is 0 Å². The fourth-order valence-electron chi connectivity index (χ4n) is 2.83. The van der Waals surface area contributed by atoms with E-state index in [0.717, 1.165) is 18.4 Å². The van der Waals surface area contributed by atoms with Crippen molar-refractivity contribution in [1.29, 1.82) is 0 Å². The van der Waals surface area contributed by atoms with E-state index in [1.54, 1.807) is 23.4 Å². The predicted molar refractivity (Wildman–Crippen MR) is 84.7 cm³/mol. The molecule has 0 radical (unpaired) electrons. The van der Waals surface area contributed by atoms with Gasteiger partial charge in [0.25, 0.3) is 5.89 Å². The molecule has 1 aliphatic heterocycles. The van der Waals surface area contributed by atoms with Crippen LogP contribution in [0.2, 0.25) is 0 Å². The summed E-state index contributed by atoms with van der Waals surface area (Å²) in [5, 5.41) is 6.55. The van der Waals surface area contributed by atoms with Gasteiger partial charge in [0.05, 0.1) is 12.1 Å². The van der Waals surface area contributed by atoms with Crippen LogP contribution in [0.3, 0.4) is 0 Å². The lowest BCUT2D eigenvalue weighted by Gasteiger charge is -2.23. The zero-order chi connectivity index (χ0) is 16.9. The quantitative estimate of drug-likeness (QED) is 0.871. The van der Waals surface area contributed by atoms with Gasteiger partial charge in [-0.3, -0.25) is 14.6 Å². The minimum atomic E-state index is -0.210. The van der Waals surface area contributed by atoms with E-state index in [4.69, 9.17) is 4.52 Å². The van der Waals surface area contributed by atoms with Crippen LogP contribution in [0.25, 0.3) is 11.5 Å². The first-order valence-corrected chi connectivity index (χ1v) is 7.90. The van der Waals surface area contributed by atoms with Gasteiger partial charge in [0.1, 0.15) is 0 Å². The third-order valence-corrected chi connectivity index (χ3v) is 3.98. The van der Waals surface area contributed by atoms with Crippen LogP contribution in [0.15, 0.2) is 29.0 Å². The Morgan fingerprint density at radius 2 is 2.33 bits per heavy atom. The fourth-order valence-corrected chi connectivity index (χ4v) is 2.83. The number of likely N-dealkylation sites (tertiary alicyclic amines) is 1. The zero-order valence-electron chi connectivity index (χ0n) is 13.4. The van der Waals surface area contributed by atoms with Gasteiger partial charge in [-0.05, 0) is 25.0 Å². The third kappa shape index (κ3) is 3.76. The van der Waals surface area contributed by atoms with E-state index in [9.17, 15) is 9.59 Å². The standard InChI is InChI=1S/C16H19N5O3/c1-11(22)18-10-15(23)21-7-3-5-13(21)8-14-19-16(24-20-14)12-4-2-6-17-9-12/h2,4,6,9,13H,3,5,7-8,10H2,1H3,(H,18,22). The first kappa shape index (κ1) is 16.1. The van der Waals surface area contributed by atoms with Gasteiger partial charge in [-0.25, -0.2) is 0 Å². The minimum Gasteiger partial charge on any atom is -0.347 e. The van der Waals surface area contributed by atoms with Crippen LogP contribution in [0.5, 0.6) is 0 Å². The third-order valence-electron chi connectivity index (χ3n) is 3.98. The Kier molecular flexibility index (Phi) is 4.83. The smallest absolute Gasteiger partial charge is 0.259 e. The second-order valence-corrected chi connectivity index (χ2v) is 5.75. The number of nitrogens with zero attached hydrogens (tertiary/aromatic N) is 4. The summed E-state index contributed by atoms with van der Waals surface area (Å²) in [6.45, 7) is 2.11. The molecule has 0 aliphatic carbocycles. The van der Waals surface area contributed by atoms with Crippen LogP contribution >= 0.6 is 0 Å². The molecule has 8 heteroatoms. The van der Waals surface area contributed by atoms with Gasteiger partial charge in [-0.15, -0.1) is 0 Å². The average molecular weight is 329 g/mol. The van der Waals surface area contributed by atoms with Gasteiger partial charge in [0, 0.05) is 38.3 Å². The summed E-state index contributed by atoms with van der Waals surface area (Å²) in [6.07, 6.45) is 5.70. The highest BCUT2D eigenvalue weighted by Gasteiger charge is 2.30. The molecule has 1 saturated heterocycles. The Labute approximate surface area is 139 Å². The van der Waals surface area contributed by atoms with Crippen LogP contribution in [-0.4, -0.2) is 51.0 Å². The molecular weight excluding hydrogens is 310 g/mol. The summed E-state index contributed by atoms with van der Waals surface area (Å²) in [7, 11) is 0. The lowest BCUT2D eigenvalue weighted by atomic mass is 10.1. The molecule has 2 aromatic rings. The monoisotopic (exact) mass is 329 g/mol. The van der Waals surface area contributed by atoms with Gasteiger partial charge in [-0.1, -0.05) is 5.16 Å². The number of nitrogens with one attached hydrogen (secondary N) is 1. The molecule has 0 spiro atoms. The molecule has 1 aliphatic rings. The molecule has 2 amide bonds.